The summed E-state index contributed by atoms with van der Waals surface area (Å²) < 4.78 is 6.98. The second-order valence-corrected chi connectivity index (χ2v) is 6.06. The van der Waals surface area contributed by atoms with E-state index in [9.17, 15) is 0 Å². The first kappa shape index (κ1) is 13.1. The summed E-state index contributed by atoms with van der Waals surface area (Å²) in [6.07, 6.45) is 0. The molecular formula is C19H10BrNO. The number of rotatable bonds is 1. The minimum Gasteiger partial charge on any atom is -0.456 e. The van der Waals surface area contributed by atoms with Crippen LogP contribution in [0.2, 0.25) is 0 Å². The number of fused-ring (bicyclic) bond motifs is 3. The van der Waals surface area contributed by atoms with Crippen LogP contribution in [0.25, 0.3) is 33.1 Å². The third-order valence-electron chi connectivity index (χ3n) is 3.78. The van der Waals surface area contributed by atoms with E-state index < -0.39 is 0 Å². The van der Waals surface area contributed by atoms with Crippen molar-refractivity contribution in [3.63, 3.8) is 0 Å². The van der Waals surface area contributed by atoms with Crippen molar-refractivity contribution in [3.8, 4) is 17.2 Å². The number of nitrogens with zero attached hydrogens (tertiary/aromatic N) is 1. The van der Waals surface area contributed by atoms with E-state index in [-0.39, 0.29) is 0 Å². The Morgan fingerprint density at radius 3 is 2.14 bits per heavy atom. The van der Waals surface area contributed by atoms with Gasteiger partial charge in [-0.3, -0.25) is 0 Å². The van der Waals surface area contributed by atoms with Crippen LogP contribution in [0.5, 0.6) is 0 Å². The lowest BCUT2D eigenvalue weighted by Gasteiger charge is -2.01. The van der Waals surface area contributed by atoms with Crippen molar-refractivity contribution in [1.29, 1.82) is 5.26 Å². The second kappa shape index (κ2) is 5.01. The lowest BCUT2D eigenvalue weighted by molar-refractivity contribution is 0.669. The molecule has 1 aromatic heterocycles. The number of benzene rings is 3. The van der Waals surface area contributed by atoms with Gasteiger partial charge in [-0.1, -0.05) is 34.1 Å². The number of hydrogen-bond acceptors (Lipinski definition) is 2. The van der Waals surface area contributed by atoms with Crippen molar-refractivity contribution in [2.24, 2.45) is 0 Å². The third-order valence-corrected chi connectivity index (χ3v) is 4.31. The van der Waals surface area contributed by atoms with Crippen LogP contribution in [0.3, 0.4) is 0 Å². The molecule has 4 aromatic rings. The SMILES string of the molecule is N#Cc1ccc2c(c1)oc1cc(-c3ccc(Br)cc3)ccc12. The highest BCUT2D eigenvalue weighted by Crippen LogP contribution is 2.32. The lowest BCUT2D eigenvalue weighted by atomic mass is 10.0. The first-order valence-electron chi connectivity index (χ1n) is 6.87. The van der Waals surface area contributed by atoms with Gasteiger partial charge in [0.05, 0.1) is 11.6 Å². The minimum atomic E-state index is 0.611. The summed E-state index contributed by atoms with van der Waals surface area (Å²) in [5, 5.41) is 11.1. The Hall–Kier alpha value is -2.57. The van der Waals surface area contributed by atoms with E-state index in [1.165, 1.54) is 0 Å². The molecule has 0 aliphatic rings. The van der Waals surface area contributed by atoms with Gasteiger partial charge in [0.15, 0.2) is 0 Å². The fraction of sp³-hybridized carbons (Fsp3) is 0. The lowest BCUT2D eigenvalue weighted by Crippen LogP contribution is -1.77. The molecular weight excluding hydrogens is 338 g/mol. The smallest absolute Gasteiger partial charge is 0.136 e. The zero-order valence-corrected chi connectivity index (χ0v) is 13.1. The highest BCUT2D eigenvalue weighted by Gasteiger charge is 2.09. The molecule has 0 saturated carbocycles. The summed E-state index contributed by atoms with van der Waals surface area (Å²) in [4.78, 5) is 0. The van der Waals surface area contributed by atoms with Gasteiger partial charge in [-0.25, -0.2) is 0 Å². The molecule has 2 nitrogen and oxygen atoms in total. The van der Waals surface area contributed by atoms with Crippen molar-refractivity contribution in [3.05, 3.63) is 70.7 Å². The van der Waals surface area contributed by atoms with Crippen molar-refractivity contribution in [2.45, 2.75) is 0 Å². The van der Waals surface area contributed by atoms with E-state index >= 15 is 0 Å². The average Bonchev–Trinajstić information content (AvgIpc) is 2.92. The van der Waals surface area contributed by atoms with Gasteiger partial charge in [0, 0.05) is 15.2 Å². The molecule has 0 amide bonds. The van der Waals surface area contributed by atoms with Crippen molar-refractivity contribution < 1.29 is 4.42 Å². The van der Waals surface area contributed by atoms with Crippen molar-refractivity contribution >= 4 is 37.9 Å². The van der Waals surface area contributed by atoms with Crippen molar-refractivity contribution in [2.75, 3.05) is 0 Å². The fourth-order valence-corrected chi connectivity index (χ4v) is 2.93. The quantitative estimate of drug-likeness (QED) is 0.430. The Kier molecular flexibility index (Phi) is 2.99. The van der Waals surface area contributed by atoms with Crippen LogP contribution >= 0.6 is 15.9 Å². The first-order valence-corrected chi connectivity index (χ1v) is 7.66. The topological polar surface area (TPSA) is 36.9 Å². The van der Waals surface area contributed by atoms with Gasteiger partial charge in [0.25, 0.3) is 0 Å². The van der Waals surface area contributed by atoms with Gasteiger partial charge in [0.1, 0.15) is 11.2 Å². The van der Waals surface area contributed by atoms with Crippen LogP contribution in [0.15, 0.2) is 69.6 Å². The third kappa shape index (κ3) is 2.09. The fourth-order valence-electron chi connectivity index (χ4n) is 2.67. The molecule has 0 N–H and O–H groups in total. The Morgan fingerprint density at radius 2 is 1.41 bits per heavy atom. The Morgan fingerprint density at radius 1 is 0.773 bits per heavy atom. The molecule has 0 radical (unpaired) electrons. The van der Waals surface area contributed by atoms with E-state index in [1.54, 1.807) is 6.07 Å². The summed E-state index contributed by atoms with van der Waals surface area (Å²) in [5.74, 6) is 0. The average molecular weight is 348 g/mol. The van der Waals surface area contributed by atoms with E-state index in [1.807, 2.05) is 30.3 Å². The molecule has 0 atom stereocenters. The molecule has 22 heavy (non-hydrogen) atoms. The maximum atomic E-state index is 8.99. The summed E-state index contributed by atoms with van der Waals surface area (Å²) in [5.41, 5.74) is 4.45. The van der Waals surface area contributed by atoms with Gasteiger partial charge in [-0.2, -0.15) is 5.26 Å². The minimum absolute atomic E-state index is 0.611. The van der Waals surface area contributed by atoms with Crippen LogP contribution in [0.1, 0.15) is 5.56 Å². The van der Waals surface area contributed by atoms with Crippen LogP contribution in [0, 0.1) is 11.3 Å². The largest absolute Gasteiger partial charge is 0.456 e. The molecule has 1 heterocycles. The maximum absolute atomic E-state index is 8.99. The normalized spacial score (nSPS) is 10.9. The molecule has 0 spiro atoms. The second-order valence-electron chi connectivity index (χ2n) is 5.14. The van der Waals surface area contributed by atoms with E-state index in [0.717, 1.165) is 37.5 Å². The molecule has 4 rings (SSSR count). The number of halogens is 1. The summed E-state index contributed by atoms with van der Waals surface area (Å²) in [7, 11) is 0. The summed E-state index contributed by atoms with van der Waals surface area (Å²) in [6, 6.07) is 22.1. The highest BCUT2D eigenvalue weighted by atomic mass is 79.9. The van der Waals surface area contributed by atoms with Gasteiger partial charge >= 0.3 is 0 Å². The van der Waals surface area contributed by atoms with Crippen LogP contribution in [0.4, 0.5) is 0 Å². The Labute approximate surface area is 135 Å². The van der Waals surface area contributed by atoms with Crippen molar-refractivity contribution in [1.82, 2.24) is 0 Å². The molecule has 0 fully saturated rings. The maximum Gasteiger partial charge on any atom is 0.136 e. The molecule has 3 heteroatoms. The molecule has 0 aliphatic carbocycles. The molecule has 0 saturated heterocycles. The summed E-state index contributed by atoms with van der Waals surface area (Å²) in [6.45, 7) is 0. The highest BCUT2D eigenvalue weighted by molar-refractivity contribution is 9.10. The summed E-state index contributed by atoms with van der Waals surface area (Å²) >= 11 is 3.45. The van der Waals surface area contributed by atoms with E-state index in [4.69, 9.17) is 9.68 Å². The van der Waals surface area contributed by atoms with Crippen LogP contribution in [-0.4, -0.2) is 0 Å². The van der Waals surface area contributed by atoms with E-state index in [0.29, 0.717) is 5.56 Å². The van der Waals surface area contributed by atoms with Crippen LogP contribution in [-0.2, 0) is 0 Å². The standard InChI is InChI=1S/C19H10BrNO/c20-15-5-2-13(3-6-15)14-4-8-17-16-7-1-12(11-21)9-18(16)22-19(17)10-14/h1-10H. The predicted molar refractivity (Wildman–Crippen MR) is 91.6 cm³/mol. The number of hydrogen-bond donors (Lipinski definition) is 0. The Balaban J connectivity index is 1.92. The molecule has 0 unspecified atom stereocenters. The molecule has 0 bridgehead atoms. The van der Waals surface area contributed by atoms with E-state index in [2.05, 4.69) is 46.3 Å². The monoisotopic (exact) mass is 347 g/mol. The first-order chi connectivity index (χ1) is 10.7. The zero-order valence-electron chi connectivity index (χ0n) is 11.5. The van der Waals surface area contributed by atoms with Gasteiger partial charge in [-0.05, 0) is 53.6 Å². The molecule has 3 aromatic carbocycles. The number of nitriles is 1. The van der Waals surface area contributed by atoms with Crippen LogP contribution < -0.4 is 0 Å². The number of furan rings is 1. The van der Waals surface area contributed by atoms with Gasteiger partial charge in [-0.15, -0.1) is 0 Å². The van der Waals surface area contributed by atoms with Gasteiger partial charge in [0.2, 0.25) is 0 Å². The Bertz CT molecular complexity index is 1040. The molecule has 0 aliphatic heterocycles. The van der Waals surface area contributed by atoms with Gasteiger partial charge < -0.3 is 4.42 Å². The molecule has 104 valence electrons. The zero-order chi connectivity index (χ0) is 15.1. The predicted octanol–water partition coefficient (Wildman–Crippen LogP) is 5.89.